The summed E-state index contributed by atoms with van der Waals surface area (Å²) < 4.78 is 0. The molecule has 0 saturated heterocycles. The normalized spacial score (nSPS) is 13.7. The van der Waals surface area contributed by atoms with E-state index in [0.717, 1.165) is 30.9 Å². The summed E-state index contributed by atoms with van der Waals surface area (Å²) in [5, 5.41) is 6.48. The minimum Gasteiger partial charge on any atom is -0.388 e. The lowest BCUT2D eigenvalue weighted by Gasteiger charge is -2.15. The van der Waals surface area contributed by atoms with Gasteiger partial charge in [-0.05, 0) is 20.3 Å². The van der Waals surface area contributed by atoms with Crippen molar-refractivity contribution in [2.24, 2.45) is 10.8 Å². The number of nitrogens with one attached hydrogen (secondary N) is 2. The fourth-order valence-electron chi connectivity index (χ4n) is 1.59. The number of carbonyl (C=O) groups is 2. The van der Waals surface area contributed by atoms with Crippen molar-refractivity contribution in [3.05, 3.63) is 23.5 Å². The number of rotatable bonds is 8. The Labute approximate surface area is 141 Å². The quantitative estimate of drug-likeness (QED) is 0.529. The first-order valence-corrected chi connectivity index (χ1v) is 8.27. The van der Waals surface area contributed by atoms with Crippen LogP contribution in [0.2, 0.25) is 0 Å². The molecular weight excluding hydrogens is 288 g/mol. The Morgan fingerprint density at radius 3 is 1.30 bits per heavy atom. The van der Waals surface area contributed by atoms with Crippen molar-refractivity contribution >= 4 is 11.6 Å². The van der Waals surface area contributed by atoms with Gasteiger partial charge in [0.15, 0.2) is 11.6 Å². The van der Waals surface area contributed by atoms with Crippen LogP contribution >= 0.6 is 0 Å². The maximum atomic E-state index is 11.9. The monoisotopic (exact) mass is 322 g/mol. The number of hydrogen-bond acceptors (Lipinski definition) is 4. The predicted molar refractivity (Wildman–Crippen MR) is 97.1 cm³/mol. The summed E-state index contributed by atoms with van der Waals surface area (Å²) in [6.45, 7) is 16.9. The fourth-order valence-corrected chi connectivity index (χ4v) is 1.59. The van der Waals surface area contributed by atoms with Gasteiger partial charge in [0.25, 0.3) is 0 Å². The van der Waals surface area contributed by atoms with Gasteiger partial charge in [-0.25, -0.2) is 0 Å². The zero-order chi connectivity index (χ0) is 18.3. The molecule has 0 saturated carbocycles. The summed E-state index contributed by atoms with van der Waals surface area (Å²) in [7, 11) is 0. The summed E-state index contributed by atoms with van der Waals surface area (Å²) >= 11 is 0. The van der Waals surface area contributed by atoms with Crippen molar-refractivity contribution in [2.45, 2.75) is 61.8 Å². The molecule has 0 spiro atoms. The van der Waals surface area contributed by atoms with E-state index in [1.165, 1.54) is 0 Å². The van der Waals surface area contributed by atoms with E-state index in [-0.39, 0.29) is 22.4 Å². The van der Waals surface area contributed by atoms with Gasteiger partial charge in [-0.15, -0.1) is 0 Å². The van der Waals surface area contributed by atoms with Crippen LogP contribution in [0.4, 0.5) is 0 Å². The average Bonchev–Trinajstić information content (AvgIpc) is 2.35. The smallest absolute Gasteiger partial charge is 0.162 e. The van der Waals surface area contributed by atoms with Crippen LogP contribution in [0.3, 0.4) is 0 Å². The van der Waals surface area contributed by atoms with Crippen LogP contribution < -0.4 is 10.6 Å². The molecule has 0 amide bonds. The van der Waals surface area contributed by atoms with Crippen molar-refractivity contribution < 1.29 is 9.59 Å². The highest BCUT2D eigenvalue weighted by atomic mass is 16.1. The highest BCUT2D eigenvalue weighted by molar-refractivity contribution is 5.94. The largest absolute Gasteiger partial charge is 0.388 e. The molecule has 0 bridgehead atoms. The predicted octanol–water partition coefficient (Wildman–Crippen LogP) is 3.59. The lowest BCUT2D eigenvalue weighted by molar-refractivity contribution is -0.122. The Morgan fingerprint density at radius 1 is 0.739 bits per heavy atom. The summed E-state index contributed by atoms with van der Waals surface area (Å²) in [6, 6.07) is 0. The van der Waals surface area contributed by atoms with Crippen molar-refractivity contribution in [3.8, 4) is 0 Å². The molecule has 0 aliphatic carbocycles. The lowest BCUT2D eigenvalue weighted by atomic mass is 9.90. The molecule has 0 unspecified atom stereocenters. The van der Waals surface area contributed by atoms with E-state index in [9.17, 15) is 9.59 Å². The summed E-state index contributed by atoms with van der Waals surface area (Å²) in [5.74, 6) is 0.250. The molecular formula is C19H34N2O2. The van der Waals surface area contributed by atoms with Gasteiger partial charge in [-0.1, -0.05) is 41.5 Å². The van der Waals surface area contributed by atoms with E-state index in [4.69, 9.17) is 0 Å². The molecule has 2 N–H and O–H groups in total. The summed E-state index contributed by atoms with van der Waals surface area (Å²) in [5.41, 5.74) is 1.10. The topological polar surface area (TPSA) is 58.2 Å². The second-order valence-electron chi connectivity index (χ2n) is 8.09. The first-order valence-electron chi connectivity index (χ1n) is 8.27. The number of hydrogen-bond donors (Lipinski definition) is 2. The van der Waals surface area contributed by atoms with Crippen LogP contribution in [0, 0.1) is 10.8 Å². The second kappa shape index (κ2) is 8.90. The van der Waals surface area contributed by atoms with Gasteiger partial charge in [0.05, 0.1) is 0 Å². The zero-order valence-electron chi connectivity index (χ0n) is 16.1. The number of allylic oxidation sites excluding steroid dienone is 4. The molecule has 0 aromatic heterocycles. The van der Waals surface area contributed by atoms with Crippen LogP contribution in [0.5, 0.6) is 0 Å². The lowest BCUT2D eigenvalue weighted by Crippen LogP contribution is -2.24. The average molecular weight is 322 g/mol. The molecule has 4 heteroatoms. The molecule has 0 aliphatic rings. The van der Waals surface area contributed by atoms with Gasteiger partial charge in [0, 0.05) is 47.5 Å². The van der Waals surface area contributed by atoms with Crippen molar-refractivity contribution in [3.63, 3.8) is 0 Å². The second-order valence-corrected chi connectivity index (χ2v) is 8.09. The molecule has 0 atom stereocenters. The Morgan fingerprint density at radius 2 is 1.04 bits per heavy atom. The van der Waals surface area contributed by atoms with Crippen LogP contribution in [-0.4, -0.2) is 24.7 Å². The minimum absolute atomic E-state index is 0.125. The van der Waals surface area contributed by atoms with Crippen molar-refractivity contribution in [2.75, 3.05) is 13.1 Å². The molecule has 0 fully saturated rings. The molecule has 0 aromatic carbocycles. The van der Waals surface area contributed by atoms with Crippen molar-refractivity contribution in [1.29, 1.82) is 0 Å². The Bertz CT molecular complexity index is 431. The third-order valence-electron chi connectivity index (χ3n) is 3.33. The highest BCUT2D eigenvalue weighted by Crippen LogP contribution is 2.16. The summed E-state index contributed by atoms with van der Waals surface area (Å²) in [6.07, 6.45) is 4.24. The van der Waals surface area contributed by atoms with Crippen LogP contribution in [0.1, 0.15) is 61.8 Å². The van der Waals surface area contributed by atoms with Crippen molar-refractivity contribution in [1.82, 2.24) is 10.6 Å². The van der Waals surface area contributed by atoms with Gasteiger partial charge in [0.2, 0.25) is 0 Å². The van der Waals surface area contributed by atoms with Crippen LogP contribution in [0.15, 0.2) is 23.5 Å². The Balaban J connectivity index is 4.11. The fraction of sp³-hybridized carbons (Fsp3) is 0.684. The molecule has 23 heavy (non-hydrogen) atoms. The van der Waals surface area contributed by atoms with Gasteiger partial charge >= 0.3 is 0 Å². The third-order valence-corrected chi connectivity index (χ3v) is 3.33. The summed E-state index contributed by atoms with van der Waals surface area (Å²) in [4.78, 5) is 23.7. The van der Waals surface area contributed by atoms with Gasteiger partial charge in [0.1, 0.15) is 0 Å². The SMILES string of the molecule is CC(=CC(=O)C(C)(C)C)NCCCNC(C)=CC(=O)C(C)(C)C. The van der Waals surface area contributed by atoms with Crippen LogP contribution in [-0.2, 0) is 9.59 Å². The van der Waals surface area contributed by atoms with E-state index >= 15 is 0 Å². The minimum atomic E-state index is -0.341. The van der Waals surface area contributed by atoms with Gasteiger partial charge < -0.3 is 10.6 Å². The third kappa shape index (κ3) is 9.93. The van der Waals surface area contributed by atoms with Crippen LogP contribution in [0.25, 0.3) is 0 Å². The highest BCUT2D eigenvalue weighted by Gasteiger charge is 2.19. The van der Waals surface area contributed by atoms with Gasteiger partial charge in [-0.2, -0.15) is 0 Å². The van der Waals surface area contributed by atoms with E-state index in [2.05, 4.69) is 10.6 Å². The molecule has 0 aromatic rings. The standard InChI is InChI=1S/C19H34N2O2/c1-14(12-16(22)18(3,4)5)20-10-9-11-21-15(2)13-17(23)19(6,7)8/h12-13,20-21H,9-11H2,1-8H3. The first-order chi connectivity index (χ1) is 10.3. The molecule has 0 aliphatic heterocycles. The molecule has 4 nitrogen and oxygen atoms in total. The van der Waals surface area contributed by atoms with E-state index < -0.39 is 0 Å². The Kier molecular flexibility index (Phi) is 8.29. The molecule has 0 rings (SSSR count). The van der Waals surface area contributed by atoms with Gasteiger partial charge in [-0.3, -0.25) is 9.59 Å². The number of ketones is 2. The molecule has 0 heterocycles. The Hall–Kier alpha value is -1.58. The molecule has 0 radical (unpaired) electrons. The number of carbonyl (C=O) groups excluding carboxylic acids is 2. The van der Waals surface area contributed by atoms with E-state index in [1.807, 2.05) is 55.4 Å². The molecule has 132 valence electrons. The van der Waals surface area contributed by atoms with E-state index in [1.54, 1.807) is 12.2 Å². The zero-order valence-corrected chi connectivity index (χ0v) is 16.1. The maximum Gasteiger partial charge on any atom is 0.162 e. The first kappa shape index (κ1) is 21.4. The van der Waals surface area contributed by atoms with E-state index in [0.29, 0.717) is 0 Å². The maximum absolute atomic E-state index is 11.9.